The lowest BCUT2D eigenvalue weighted by Crippen LogP contribution is -2.31. The molecule has 1 aliphatic rings. The first-order chi connectivity index (χ1) is 9.22. The minimum atomic E-state index is 0.0812. The van der Waals surface area contributed by atoms with E-state index in [0.29, 0.717) is 0 Å². The third kappa shape index (κ3) is 3.08. The number of ether oxygens (including phenoxy) is 1. The van der Waals surface area contributed by atoms with E-state index in [1.54, 1.807) is 6.20 Å². The van der Waals surface area contributed by atoms with E-state index in [2.05, 4.69) is 24.9 Å². The van der Waals surface area contributed by atoms with Gasteiger partial charge in [0, 0.05) is 12.2 Å². The van der Waals surface area contributed by atoms with E-state index in [1.165, 1.54) is 25.7 Å². The molecule has 1 atom stereocenters. The number of hydrogen-bond donors (Lipinski definition) is 1. The van der Waals surface area contributed by atoms with Gasteiger partial charge in [-0.05, 0) is 42.7 Å². The zero-order valence-corrected chi connectivity index (χ0v) is 12.2. The van der Waals surface area contributed by atoms with Gasteiger partial charge in [-0.3, -0.25) is 4.98 Å². The van der Waals surface area contributed by atoms with Gasteiger partial charge < -0.3 is 10.5 Å². The number of hydrogen-bond acceptors (Lipinski definition) is 3. The Labute approximate surface area is 116 Å². The van der Waals surface area contributed by atoms with Gasteiger partial charge >= 0.3 is 0 Å². The van der Waals surface area contributed by atoms with E-state index in [1.807, 2.05) is 6.20 Å². The molecule has 0 aliphatic heterocycles. The predicted molar refractivity (Wildman–Crippen MR) is 78.1 cm³/mol. The van der Waals surface area contributed by atoms with Crippen LogP contribution in [0, 0.1) is 5.41 Å². The number of nitrogens with zero attached hydrogens (tertiary/aromatic N) is 1. The molecule has 2 rings (SSSR count). The molecular formula is C16H26N2O. The third-order valence-electron chi connectivity index (χ3n) is 4.53. The summed E-state index contributed by atoms with van der Waals surface area (Å²) >= 11 is 0. The first kappa shape index (κ1) is 14.3. The lowest BCUT2D eigenvalue weighted by Gasteiger charge is -2.34. The van der Waals surface area contributed by atoms with Gasteiger partial charge in [0.25, 0.3) is 0 Å². The Balaban J connectivity index is 2.15. The maximum Gasteiger partial charge on any atom is 0.137 e. The molecule has 19 heavy (non-hydrogen) atoms. The fraction of sp³-hybridized carbons (Fsp3) is 0.688. The first-order valence-electron chi connectivity index (χ1n) is 7.55. The van der Waals surface area contributed by atoms with Gasteiger partial charge in [-0.15, -0.1) is 0 Å². The van der Waals surface area contributed by atoms with Gasteiger partial charge in [0.1, 0.15) is 5.75 Å². The van der Waals surface area contributed by atoms with E-state index in [4.69, 9.17) is 10.5 Å². The zero-order chi connectivity index (χ0) is 13.7. The van der Waals surface area contributed by atoms with Crippen molar-refractivity contribution in [2.24, 2.45) is 11.1 Å². The van der Waals surface area contributed by atoms with Crippen molar-refractivity contribution in [2.75, 3.05) is 6.61 Å². The molecule has 3 heteroatoms. The molecule has 0 saturated heterocycles. The summed E-state index contributed by atoms with van der Waals surface area (Å²) in [5.74, 6) is 0.846. The average Bonchev–Trinajstić information content (AvgIpc) is 2.94. The molecule has 3 nitrogen and oxygen atoms in total. The SMILES string of the molecule is CCCOc1cncc(C(N)C2(CC)CCCC2)c1. The fourth-order valence-electron chi connectivity index (χ4n) is 3.22. The molecule has 1 heterocycles. The number of rotatable bonds is 6. The van der Waals surface area contributed by atoms with Crippen LogP contribution >= 0.6 is 0 Å². The lowest BCUT2D eigenvalue weighted by molar-refractivity contribution is 0.221. The van der Waals surface area contributed by atoms with E-state index in [9.17, 15) is 0 Å². The van der Waals surface area contributed by atoms with Crippen LogP contribution in [-0.2, 0) is 0 Å². The Kier molecular flexibility index (Phi) is 4.81. The highest BCUT2D eigenvalue weighted by Crippen LogP contribution is 2.48. The zero-order valence-electron chi connectivity index (χ0n) is 12.2. The Hall–Kier alpha value is -1.09. The maximum atomic E-state index is 6.55. The van der Waals surface area contributed by atoms with Gasteiger partial charge in [0.15, 0.2) is 0 Å². The molecule has 0 bridgehead atoms. The van der Waals surface area contributed by atoms with Crippen molar-refractivity contribution in [3.8, 4) is 5.75 Å². The summed E-state index contributed by atoms with van der Waals surface area (Å²) in [7, 11) is 0. The van der Waals surface area contributed by atoms with Crippen LogP contribution in [-0.4, -0.2) is 11.6 Å². The van der Waals surface area contributed by atoms with Crippen molar-refractivity contribution >= 4 is 0 Å². The Morgan fingerprint density at radius 2 is 2.05 bits per heavy atom. The topological polar surface area (TPSA) is 48.1 Å². The predicted octanol–water partition coefficient (Wildman–Crippen LogP) is 3.84. The summed E-state index contributed by atoms with van der Waals surface area (Å²) in [6.07, 6.45) is 10.9. The second-order valence-corrected chi connectivity index (χ2v) is 5.70. The van der Waals surface area contributed by atoms with Gasteiger partial charge in [0.2, 0.25) is 0 Å². The van der Waals surface area contributed by atoms with Crippen LogP contribution in [0.4, 0.5) is 0 Å². The summed E-state index contributed by atoms with van der Waals surface area (Å²) in [5, 5.41) is 0. The highest BCUT2D eigenvalue weighted by atomic mass is 16.5. The van der Waals surface area contributed by atoms with Crippen LogP contribution < -0.4 is 10.5 Å². The molecule has 0 radical (unpaired) electrons. The van der Waals surface area contributed by atoms with Crippen LogP contribution in [0.25, 0.3) is 0 Å². The molecule has 1 aromatic rings. The molecule has 2 N–H and O–H groups in total. The van der Waals surface area contributed by atoms with Crippen molar-refractivity contribution in [1.29, 1.82) is 0 Å². The van der Waals surface area contributed by atoms with E-state index in [0.717, 1.165) is 30.8 Å². The van der Waals surface area contributed by atoms with Crippen molar-refractivity contribution in [2.45, 2.75) is 58.4 Å². The Morgan fingerprint density at radius 1 is 1.32 bits per heavy atom. The lowest BCUT2D eigenvalue weighted by atomic mass is 9.74. The number of pyridine rings is 1. The van der Waals surface area contributed by atoms with Gasteiger partial charge in [-0.25, -0.2) is 0 Å². The van der Waals surface area contributed by atoms with E-state index >= 15 is 0 Å². The van der Waals surface area contributed by atoms with Crippen LogP contribution in [0.1, 0.15) is 64.0 Å². The van der Waals surface area contributed by atoms with E-state index in [-0.39, 0.29) is 11.5 Å². The molecular weight excluding hydrogens is 236 g/mol. The summed E-state index contributed by atoms with van der Waals surface area (Å²) in [4.78, 5) is 4.29. The molecule has 106 valence electrons. The van der Waals surface area contributed by atoms with Crippen molar-refractivity contribution in [3.63, 3.8) is 0 Å². The van der Waals surface area contributed by atoms with Gasteiger partial charge in [-0.2, -0.15) is 0 Å². The normalized spacial score (nSPS) is 19.3. The second kappa shape index (κ2) is 6.38. The standard InChI is InChI=1S/C16H26N2O/c1-3-9-19-14-10-13(11-18-12-14)15(17)16(4-2)7-5-6-8-16/h10-12,15H,3-9,17H2,1-2H3. The summed E-state index contributed by atoms with van der Waals surface area (Å²) in [5.41, 5.74) is 7.94. The minimum Gasteiger partial charge on any atom is -0.492 e. The highest BCUT2D eigenvalue weighted by molar-refractivity contribution is 5.27. The molecule has 1 aromatic heterocycles. The van der Waals surface area contributed by atoms with Gasteiger partial charge in [0.05, 0.1) is 12.8 Å². The average molecular weight is 262 g/mol. The van der Waals surface area contributed by atoms with Crippen molar-refractivity contribution < 1.29 is 4.74 Å². The molecule has 1 saturated carbocycles. The number of nitrogens with two attached hydrogens (primary N) is 1. The van der Waals surface area contributed by atoms with Crippen molar-refractivity contribution in [3.05, 3.63) is 24.0 Å². The Morgan fingerprint density at radius 3 is 2.68 bits per heavy atom. The summed E-state index contributed by atoms with van der Waals surface area (Å²) < 4.78 is 5.66. The third-order valence-corrected chi connectivity index (χ3v) is 4.53. The highest BCUT2D eigenvalue weighted by Gasteiger charge is 2.38. The van der Waals surface area contributed by atoms with Gasteiger partial charge in [-0.1, -0.05) is 26.7 Å². The van der Waals surface area contributed by atoms with Crippen LogP contribution in [0.2, 0.25) is 0 Å². The summed E-state index contributed by atoms with van der Waals surface area (Å²) in [6, 6.07) is 2.15. The van der Waals surface area contributed by atoms with Crippen LogP contribution in [0.3, 0.4) is 0 Å². The minimum absolute atomic E-state index is 0.0812. The smallest absolute Gasteiger partial charge is 0.137 e. The molecule has 1 aliphatic carbocycles. The Bertz CT molecular complexity index is 399. The quantitative estimate of drug-likeness (QED) is 0.847. The molecule has 0 aromatic carbocycles. The first-order valence-corrected chi connectivity index (χ1v) is 7.55. The molecule has 1 fully saturated rings. The summed E-state index contributed by atoms with van der Waals surface area (Å²) in [6.45, 7) is 5.10. The molecule has 1 unspecified atom stereocenters. The molecule has 0 spiro atoms. The number of aromatic nitrogens is 1. The van der Waals surface area contributed by atoms with E-state index < -0.39 is 0 Å². The largest absolute Gasteiger partial charge is 0.492 e. The maximum absolute atomic E-state index is 6.55. The molecule has 0 amide bonds. The fourth-order valence-corrected chi connectivity index (χ4v) is 3.22. The van der Waals surface area contributed by atoms with Crippen LogP contribution in [0.5, 0.6) is 5.75 Å². The van der Waals surface area contributed by atoms with Crippen molar-refractivity contribution in [1.82, 2.24) is 4.98 Å². The van der Waals surface area contributed by atoms with Crippen LogP contribution in [0.15, 0.2) is 18.5 Å². The monoisotopic (exact) mass is 262 g/mol. The second-order valence-electron chi connectivity index (χ2n) is 5.70.